The van der Waals surface area contributed by atoms with Crippen molar-refractivity contribution in [1.29, 1.82) is 0 Å². The largest absolute Gasteiger partial charge is 0.471 e. The van der Waals surface area contributed by atoms with Gasteiger partial charge in [0.15, 0.2) is 22.4 Å². The molecule has 0 saturated carbocycles. The maximum absolute atomic E-state index is 6.48. The van der Waals surface area contributed by atoms with Crippen LogP contribution in [0.15, 0.2) is 277 Å². The van der Waals surface area contributed by atoms with E-state index in [9.17, 15) is 0 Å². The second kappa shape index (κ2) is 23.7. The number of hydrogen-bond donors (Lipinski definition) is 0. The molecule has 0 N–H and O–H groups in total. The van der Waals surface area contributed by atoms with Crippen LogP contribution in [0.25, 0.3) is 132 Å². The zero-order chi connectivity index (χ0) is 77.1. The lowest BCUT2D eigenvalue weighted by Crippen LogP contribution is -2.45. The number of furan rings is 6. The van der Waals surface area contributed by atoms with Crippen LogP contribution in [0.1, 0.15) is 164 Å². The van der Waals surface area contributed by atoms with E-state index < -0.39 is 0 Å². The molecule has 9 aliphatic carbocycles. The van der Waals surface area contributed by atoms with Crippen LogP contribution in [-0.4, -0.2) is 24.9 Å². The zero-order valence-electron chi connectivity index (χ0n) is 64.7. The minimum atomic E-state index is 0.0889. The summed E-state index contributed by atoms with van der Waals surface area (Å²) >= 11 is 0. The van der Waals surface area contributed by atoms with Gasteiger partial charge in [0.25, 0.3) is 0 Å². The second-order valence-corrected chi connectivity index (χ2v) is 32.7. The van der Waals surface area contributed by atoms with Gasteiger partial charge in [-0.25, -0.2) is 24.9 Å². The molecule has 12 aromatic heterocycles. The van der Waals surface area contributed by atoms with Crippen LogP contribution >= 0.6 is 0 Å². The summed E-state index contributed by atoms with van der Waals surface area (Å²) in [7, 11) is 6.57. The fourth-order valence-electron chi connectivity index (χ4n) is 21.4. The normalized spacial score (nSPS) is 17.1. The maximum atomic E-state index is 6.48. The van der Waals surface area contributed by atoms with Gasteiger partial charge in [-0.05, 0) is 197 Å². The monoisotopic (exact) mass is 1500 g/mol. The minimum Gasteiger partial charge on any atom is -0.471 e. The molecule has 9 aliphatic rings. The first kappa shape index (κ1) is 65.3. The summed E-state index contributed by atoms with van der Waals surface area (Å²) in [6.45, 7) is 10.5. The van der Waals surface area contributed by atoms with Gasteiger partial charge in [0.2, 0.25) is 45.6 Å². The number of pyridine rings is 4. The lowest BCUT2D eigenvalue weighted by molar-refractivity contribution is -0.670. The number of fused-ring (bicyclic) bond motifs is 12. The van der Waals surface area contributed by atoms with E-state index in [1.54, 1.807) is 6.20 Å². The molecule has 30 rings (SSSR count). The highest BCUT2D eigenvalue weighted by molar-refractivity contribution is 6.11. The molecule has 0 fully saturated rings. The van der Waals surface area contributed by atoms with Crippen molar-refractivity contribution < 1.29 is 40.2 Å². The van der Waals surface area contributed by atoms with Crippen molar-refractivity contribution in [2.45, 2.75) is 70.1 Å². The molecule has 116 heavy (non-hydrogen) atoms. The average molecular weight is 1500 g/mol. The van der Waals surface area contributed by atoms with Crippen molar-refractivity contribution in [3.05, 3.63) is 379 Å². The van der Waals surface area contributed by atoms with E-state index in [2.05, 4.69) is 248 Å². The number of aryl methyl sites for hydroxylation is 5. The van der Waals surface area contributed by atoms with Gasteiger partial charge in [0, 0.05) is 99.8 Å². The van der Waals surface area contributed by atoms with Crippen molar-refractivity contribution in [1.82, 2.24) is 24.9 Å². The molecule has 6 unspecified atom stereocenters. The molecule has 0 radical (unpaired) electrons. The van der Waals surface area contributed by atoms with Crippen LogP contribution in [0.3, 0.4) is 0 Å². The fourth-order valence-corrected chi connectivity index (χ4v) is 21.4. The summed E-state index contributed by atoms with van der Waals surface area (Å²) in [5, 5.41) is 13.3. The molecule has 6 bridgehead atoms. The Labute approximate surface area is 663 Å². The van der Waals surface area contributed by atoms with Crippen molar-refractivity contribution in [3.63, 3.8) is 0 Å². The third kappa shape index (κ3) is 8.84. The summed E-state index contributed by atoms with van der Waals surface area (Å²) in [6.07, 6.45) is 16.9. The van der Waals surface area contributed by atoms with Gasteiger partial charge in [0.05, 0.1) is 96.3 Å². The maximum Gasteiger partial charge on any atom is 0.235 e. The van der Waals surface area contributed by atoms with Gasteiger partial charge in [0.1, 0.15) is 32.5 Å². The molecule has 14 heteroatoms. The Balaban J connectivity index is 0.0000000975. The number of aromatic nitrogens is 8. The Morgan fingerprint density at radius 2 is 0.612 bits per heavy atom. The molecule has 0 saturated heterocycles. The number of benzene rings is 9. The topological polar surface area (TPSA) is 155 Å². The molecule has 21 aromatic rings. The molecule has 0 amide bonds. The first-order valence-electron chi connectivity index (χ1n) is 39.8. The molecule has 0 spiro atoms. The molecule has 9 aromatic carbocycles. The van der Waals surface area contributed by atoms with Crippen LogP contribution in [0.5, 0.6) is 0 Å². The van der Waals surface area contributed by atoms with E-state index in [1.165, 1.54) is 95.0 Å². The van der Waals surface area contributed by atoms with Crippen molar-refractivity contribution in [2.75, 3.05) is 0 Å². The van der Waals surface area contributed by atoms with Crippen LogP contribution in [0.2, 0.25) is 0 Å². The predicted molar refractivity (Wildman–Crippen MR) is 447 cm³/mol. The highest BCUT2D eigenvalue weighted by Gasteiger charge is 2.52. The standard InChI is InChI=1S/C35H25N2O2.C34H24N3O2.C33H22N3O2/c1-18-8-10-24-25-11-9-19(2)36-35(25)39-34(24)30(18)29-13-12-26-31-22-6-4-5-7-23(22)32(33(26)37(29)3)28-15-21-17-38-16-20(21)14-27(28)31;1-17-8-10-23-24-11-9-18(2)36-34(24)39-33(23)28(17)27-14-35-31-29-21-6-4-5-7-22(21)30(32(31)37(27)3)26-13-20-16-38-15-19(20)12-25(26)29;1-17-9-10-22-23-8-5-11-34-33(23)38-32(22)27(17)26-14-35-30-28-20-6-3-4-7-21(20)29(31(30)36(26)2)25-13-19-16-37-15-18(19)12-24(25)28/h4-17,31-32H,1-3H3;4-16,29-30H,1-3H3;3-16,28-29H,1-2H3/q3*+1. The summed E-state index contributed by atoms with van der Waals surface area (Å²) in [6, 6.07) is 70.6. The zero-order valence-corrected chi connectivity index (χ0v) is 64.7. The van der Waals surface area contributed by atoms with Crippen molar-refractivity contribution >= 4 is 98.5 Å². The first-order valence-corrected chi connectivity index (χ1v) is 39.8. The Hall–Kier alpha value is -14.2. The van der Waals surface area contributed by atoms with Gasteiger partial charge in [-0.2, -0.15) is 13.7 Å². The second-order valence-electron chi connectivity index (χ2n) is 32.7. The van der Waals surface area contributed by atoms with E-state index in [4.69, 9.17) is 41.5 Å². The fraction of sp³-hybridized carbons (Fsp3) is 0.137. The summed E-state index contributed by atoms with van der Waals surface area (Å²) in [4.78, 5) is 24.3. The van der Waals surface area contributed by atoms with Crippen molar-refractivity contribution in [2.24, 2.45) is 21.1 Å². The van der Waals surface area contributed by atoms with Crippen LogP contribution in [-0.2, 0) is 21.1 Å². The van der Waals surface area contributed by atoms with Gasteiger partial charge >= 0.3 is 0 Å². The summed E-state index contributed by atoms with van der Waals surface area (Å²) in [5.74, 6) is 0.715. The third-order valence-corrected chi connectivity index (χ3v) is 26.6. The lowest BCUT2D eigenvalue weighted by atomic mass is 9.62. The Morgan fingerprint density at radius 1 is 0.276 bits per heavy atom. The molecule has 6 atom stereocenters. The van der Waals surface area contributed by atoms with Gasteiger partial charge in [-0.15, -0.1) is 0 Å². The Kier molecular flexibility index (Phi) is 13.3. The average Bonchev–Trinajstić information content (AvgIpc) is 0.856. The van der Waals surface area contributed by atoms with Crippen LogP contribution in [0.4, 0.5) is 0 Å². The molecular weight excluding hydrogens is 1430 g/mol. The highest BCUT2D eigenvalue weighted by Crippen LogP contribution is 2.60. The van der Waals surface area contributed by atoms with E-state index in [0.29, 0.717) is 17.1 Å². The summed E-state index contributed by atoms with van der Waals surface area (Å²) in [5.41, 5.74) is 40.4. The van der Waals surface area contributed by atoms with Gasteiger partial charge in [-0.1, -0.05) is 109 Å². The Morgan fingerprint density at radius 3 is 1.03 bits per heavy atom. The minimum absolute atomic E-state index is 0.0889. The number of rotatable bonds is 3. The number of nitrogens with zero attached hydrogens (tertiary/aromatic N) is 8. The first-order chi connectivity index (χ1) is 56.8. The van der Waals surface area contributed by atoms with Crippen LogP contribution in [0, 0.1) is 34.6 Å². The lowest BCUT2D eigenvalue weighted by Gasteiger charge is -2.39. The van der Waals surface area contributed by atoms with Gasteiger partial charge < -0.3 is 26.5 Å². The molecule has 14 nitrogen and oxygen atoms in total. The smallest absolute Gasteiger partial charge is 0.235 e. The Bertz CT molecular complexity index is 7670. The predicted octanol–water partition coefficient (Wildman–Crippen LogP) is 21.9. The van der Waals surface area contributed by atoms with E-state index >= 15 is 0 Å². The number of hydrogen-bond acceptors (Lipinski definition) is 11. The van der Waals surface area contributed by atoms with E-state index in [0.717, 1.165) is 149 Å². The van der Waals surface area contributed by atoms with E-state index in [-0.39, 0.29) is 35.5 Å². The van der Waals surface area contributed by atoms with E-state index in [1.807, 2.05) is 76.0 Å². The summed E-state index contributed by atoms with van der Waals surface area (Å²) < 4.78 is 43.2. The third-order valence-electron chi connectivity index (χ3n) is 26.6. The molecule has 0 aliphatic heterocycles. The van der Waals surface area contributed by atoms with Crippen LogP contribution < -0.4 is 13.7 Å². The quantitative estimate of drug-likeness (QED) is 0.155. The van der Waals surface area contributed by atoms with Gasteiger partial charge in [-0.3, -0.25) is 0 Å². The highest BCUT2D eigenvalue weighted by atomic mass is 16.4. The molecule has 12 heterocycles. The molecule has 552 valence electrons. The SMILES string of the molecule is Cc1ccc2c(n1)oc1c(-c3ccc4c([n+]3C)C3c5ccccc5C4c4cc5cocc5cc43)c(C)ccc12.Cc1ccc2c(n1)oc1c(-c3cnc4c([n+]3C)C3c5ccccc5C4c4cc5cocc5cc43)c(C)ccc12.Cc1ccc2c(oc3ncccc32)c1-c1cnc2c([n+]1C)C1c3ccccc3C2c2cc3cocc3cc21. The van der Waals surface area contributed by atoms with Crippen molar-refractivity contribution in [3.8, 4) is 33.8 Å². The molecular formula is C102H71N8O6+3.